The van der Waals surface area contributed by atoms with E-state index in [2.05, 4.69) is 20.6 Å². The molecule has 2 heterocycles. The van der Waals surface area contributed by atoms with Crippen molar-refractivity contribution >= 4 is 23.2 Å². The smallest absolute Gasteiger partial charge is 0.320 e. The van der Waals surface area contributed by atoms with Crippen molar-refractivity contribution in [2.24, 2.45) is 0 Å². The number of thiazole rings is 1. The normalized spacial score (nSPS) is 14.1. The van der Waals surface area contributed by atoms with Gasteiger partial charge in [0.2, 0.25) is 0 Å². The first-order chi connectivity index (χ1) is 9.70. The Morgan fingerprint density at radius 1 is 1.45 bits per heavy atom. The number of carbonyl (C=O) groups excluding carboxylic acids is 1. The molecule has 0 spiro atoms. The van der Waals surface area contributed by atoms with Crippen LogP contribution in [-0.4, -0.2) is 16.0 Å². The van der Waals surface area contributed by atoms with Crippen LogP contribution >= 0.6 is 11.3 Å². The maximum atomic E-state index is 12.7. The van der Waals surface area contributed by atoms with Crippen molar-refractivity contribution in [1.29, 1.82) is 0 Å². The lowest BCUT2D eigenvalue weighted by atomic mass is 10.3. The Bertz CT molecular complexity index is 609. The first-order valence-electron chi connectivity index (χ1n) is 6.31. The molecule has 1 aliphatic carbocycles. The first-order valence-corrected chi connectivity index (χ1v) is 7.19. The maximum Gasteiger partial charge on any atom is 0.320 e. The minimum atomic E-state index is -0.439. The van der Waals surface area contributed by atoms with Crippen molar-refractivity contribution in [2.45, 2.75) is 25.3 Å². The molecule has 1 saturated carbocycles. The van der Waals surface area contributed by atoms with Gasteiger partial charge in [-0.1, -0.05) is 0 Å². The van der Waals surface area contributed by atoms with Crippen LogP contribution < -0.4 is 10.6 Å². The van der Waals surface area contributed by atoms with Crippen LogP contribution in [0.2, 0.25) is 0 Å². The molecule has 0 saturated heterocycles. The van der Waals surface area contributed by atoms with Gasteiger partial charge in [0.1, 0.15) is 16.6 Å². The molecule has 104 valence electrons. The third-order valence-electron chi connectivity index (χ3n) is 2.93. The van der Waals surface area contributed by atoms with E-state index in [1.54, 1.807) is 11.3 Å². The fraction of sp³-hybridized carbons (Fsp3) is 0.308. The number of urea groups is 1. The summed E-state index contributed by atoms with van der Waals surface area (Å²) in [5.74, 6) is 0.491. The SMILES string of the molecule is O=C(NCc1nc(C2CC2)cs1)Nc1ccc(F)cn1. The zero-order valence-corrected chi connectivity index (χ0v) is 11.4. The Labute approximate surface area is 119 Å². The van der Waals surface area contributed by atoms with Gasteiger partial charge in [-0.15, -0.1) is 11.3 Å². The van der Waals surface area contributed by atoms with E-state index in [4.69, 9.17) is 0 Å². The molecule has 0 radical (unpaired) electrons. The first kappa shape index (κ1) is 13.0. The Morgan fingerprint density at radius 3 is 3.00 bits per heavy atom. The van der Waals surface area contributed by atoms with Gasteiger partial charge >= 0.3 is 6.03 Å². The zero-order chi connectivity index (χ0) is 13.9. The molecule has 5 nitrogen and oxygen atoms in total. The van der Waals surface area contributed by atoms with Gasteiger partial charge in [0.05, 0.1) is 18.4 Å². The summed E-state index contributed by atoms with van der Waals surface area (Å²) < 4.78 is 12.7. The van der Waals surface area contributed by atoms with Gasteiger partial charge in [0.15, 0.2) is 0 Å². The van der Waals surface area contributed by atoms with Crippen LogP contribution in [0, 0.1) is 5.82 Å². The van der Waals surface area contributed by atoms with E-state index in [0.29, 0.717) is 18.3 Å². The Balaban J connectivity index is 1.49. The van der Waals surface area contributed by atoms with E-state index >= 15 is 0 Å². The van der Waals surface area contributed by atoms with Crippen molar-refractivity contribution in [3.05, 3.63) is 40.2 Å². The molecule has 1 fully saturated rings. The van der Waals surface area contributed by atoms with Crippen molar-refractivity contribution in [1.82, 2.24) is 15.3 Å². The number of halogens is 1. The second-order valence-corrected chi connectivity index (χ2v) is 5.55. The molecule has 20 heavy (non-hydrogen) atoms. The number of anilines is 1. The van der Waals surface area contributed by atoms with E-state index in [-0.39, 0.29) is 6.03 Å². The minimum Gasteiger partial charge on any atom is -0.331 e. The molecule has 2 aromatic rings. The molecule has 2 N–H and O–H groups in total. The van der Waals surface area contributed by atoms with Crippen LogP contribution in [0.15, 0.2) is 23.7 Å². The quantitative estimate of drug-likeness (QED) is 0.910. The molecule has 0 aromatic carbocycles. The molecule has 0 atom stereocenters. The summed E-state index contributed by atoms with van der Waals surface area (Å²) in [4.78, 5) is 19.9. The predicted molar refractivity (Wildman–Crippen MR) is 74.1 cm³/mol. The third kappa shape index (κ3) is 3.30. The molecule has 0 aliphatic heterocycles. The lowest BCUT2D eigenvalue weighted by molar-refractivity contribution is 0.251. The minimum absolute atomic E-state index is 0.307. The number of rotatable bonds is 4. The lowest BCUT2D eigenvalue weighted by Crippen LogP contribution is -2.28. The molecule has 3 rings (SSSR count). The molecule has 2 amide bonds. The largest absolute Gasteiger partial charge is 0.331 e. The number of nitrogens with one attached hydrogen (secondary N) is 2. The second-order valence-electron chi connectivity index (χ2n) is 4.61. The highest BCUT2D eigenvalue weighted by Crippen LogP contribution is 2.40. The number of hydrogen-bond donors (Lipinski definition) is 2. The molecule has 7 heteroatoms. The monoisotopic (exact) mass is 292 g/mol. The summed E-state index contributed by atoms with van der Waals surface area (Å²) in [5.41, 5.74) is 1.13. The Kier molecular flexibility index (Phi) is 3.60. The van der Waals surface area contributed by atoms with Crippen molar-refractivity contribution < 1.29 is 9.18 Å². The molecular formula is C13H13FN4OS. The number of aromatic nitrogens is 2. The summed E-state index contributed by atoms with van der Waals surface area (Å²) in [7, 11) is 0. The van der Waals surface area contributed by atoms with Crippen molar-refractivity contribution in [3.63, 3.8) is 0 Å². The highest BCUT2D eigenvalue weighted by Gasteiger charge is 2.25. The number of amides is 2. The van der Waals surface area contributed by atoms with Gasteiger partial charge in [-0.05, 0) is 25.0 Å². The third-order valence-corrected chi connectivity index (χ3v) is 3.80. The van der Waals surface area contributed by atoms with E-state index < -0.39 is 5.82 Å². The summed E-state index contributed by atoms with van der Waals surface area (Å²) in [6.07, 6.45) is 3.49. The molecule has 2 aromatic heterocycles. The average molecular weight is 292 g/mol. The molecule has 0 bridgehead atoms. The highest BCUT2D eigenvalue weighted by atomic mass is 32.1. The van der Waals surface area contributed by atoms with Crippen LogP contribution in [0.4, 0.5) is 15.0 Å². The summed E-state index contributed by atoms with van der Waals surface area (Å²) >= 11 is 1.55. The Morgan fingerprint density at radius 2 is 2.30 bits per heavy atom. The van der Waals surface area contributed by atoms with Crippen LogP contribution in [-0.2, 0) is 6.54 Å². The van der Waals surface area contributed by atoms with Crippen molar-refractivity contribution in [3.8, 4) is 0 Å². The van der Waals surface area contributed by atoms with E-state index in [1.165, 1.54) is 25.0 Å². The topological polar surface area (TPSA) is 66.9 Å². The predicted octanol–water partition coefficient (Wildman–Crippen LogP) is 2.88. The van der Waals surface area contributed by atoms with Crippen LogP contribution in [0.25, 0.3) is 0 Å². The number of carbonyl (C=O) groups is 1. The lowest BCUT2D eigenvalue weighted by Gasteiger charge is -2.05. The molecule has 1 aliphatic rings. The standard InChI is InChI=1S/C13H13FN4OS/c14-9-3-4-11(15-5-9)18-13(19)16-6-12-17-10(7-20-12)8-1-2-8/h3-5,7-8H,1-2,6H2,(H2,15,16,18,19). The fourth-order valence-corrected chi connectivity index (χ4v) is 2.55. The highest BCUT2D eigenvalue weighted by molar-refractivity contribution is 7.09. The maximum absolute atomic E-state index is 12.7. The van der Waals surface area contributed by atoms with E-state index in [0.717, 1.165) is 16.9 Å². The van der Waals surface area contributed by atoms with Gasteiger partial charge in [-0.3, -0.25) is 5.32 Å². The van der Waals surface area contributed by atoms with E-state index in [9.17, 15) is 9.18 Å². The summed E-state index contributed by atoms with van der Waals surface area (Å²) in [6.45, 7) is 0.379. The fourth-order valence-electron chi connectivity index (χ4n) is 1.74. The molecular weight excluding hydrogens is 279 g/mol. The number of nitrogens with zero attached hydrogens (tertiary/aromatic N) is 2. The van der Waals surface area contributed by atoms with E-state index in [1.807, 2.05) is 5.38 Å². The second kappa shape index (κ2) is 5.54. The summed E-state index contributed by atoms with van der Waals surface area (Å²) in [5, 5.41) is 8.16. The van der Waals surface area contributed by atoms with Gasteiger partial charge in [-0.2, -0.15) is 0 Å². The van der Waals surface area contributed by atoms with Gasteiger partial charge in [0.25, 0.3) is 0 Å². The van der Waals surface area contributed by atoms with Crippen LogP contribution in [0.1, 0.15) is 29.5 Å². The van der Waals surface area contributed by atoms with Gasteiger partial charge < -0.3 is 5.32 Å². The summed E-state index contributed by atoms with van der Waals surface area (Å²) in [6, 6.07) is 2.27. The average Bonchev–Trinajstić information content (AvgIpc) is 3.18. The number of pyridine rings is 1. The van der Waals surface area contributed by atoms with Crippen LogP contribution in [0.3, 0.4) is 0 Å². The van der Waals surface area contributed by atoms with Gasteiger partial charge in [-0.25, -0.2) is 19.2 Å². The molecule has 0 unspecified atom stereocenters. The van der Waals surface area contributed by atoms with Crippen molar-refractivity contribution in [2.75, 3.05) is 5.32 Å². The van der Waals surface area contributed by atoms with Crippen LogP contribution in [0.5, 0.6) is 0 Å². The number of hydrogen-bond acceptors (Lipinski definition) is 4. The van der Waals surface area contributed by atoms with Gasteiger partial charge in [0, 0.05) is 11.3 Å². The Hall–Kier alpha value is -2.02. The zero-order valence-electron chi connectivity index (χ0n) is 10.6.